The molecule has 7 nitrogen and oxygen atoms in total. The van der Waals surface area contributed by atoms with Crippen LogP contribution in [0.4, 0.5) is 5.82 Å². The molecule has 3 heterocycles. The number of aromatic nitrogens is 2. The number of hydrogen-bond donors (Lipinski definition) is 2. The lowest BCUT2D eigenvalue weighted by molar-refractivity contribution is 0.0962. The Morgan fingerprint density at radius 1 is 1.17 bits per heavy atom. The Balaban J connectivity index is 1.32. The van der Waals surface area contributed by atoms with E-state index in [4.69, 9.17) is 0 Å². The number of pyridine rings is 2. The summed E-state index contributed by atoms with van der Waals surface area (Å²) in [7, 11) is 1.63. The molecule has 1 aliphatic heterocycles. The highest BCUT2D eigenvalue weighted by molar-refractivity contribution is 5.93. The van der Waals surface area contributed by atoms with Crippen LogP contribution in [0.15, 0.2) is 35.3 Å². The lowest BCUT2D eigenvalue weighted by atomic mass is 10.0. The monoisotopic (exact) mass is 409 g/mol. The summed E-state index contributed by atoms with van der Waals surface area (Å²) >= 11 is 0. The van der Waals surface area contributed by atoms with Gasteiger partial charge in [0, 0.05) is 62.6 Å². The largest absolute Gasteiger partial charge is 0.355 e. The van der Waals surface area contributed by atoms with Crippen LogP contribution in [-0.2, 0) is 6.42 Å². The summed E-state index contributed by atoms with van der Waals surface area (Å²) in [6.45, 7) is 5.93. The van der Waals surface area contributed by atoms with Gasteiger partial charge >= 0.3 is 0 Å². The van der Waals surface area contributed by atoms with Gasteiger partial charge in [-0.05, 0) is 43.9 Å². The molecule has 1 aliphatic carbocycles. The normalized spacial score (nSPS) is 22.3. The molecule has 4 rings (SSSR count). The zero-order valence-corrected chi connectivity index (χ0v) is 17.9. The fourth-order valence-corrected chi connectivity index (χ4v) is 4.78. The molecule has 2 aliphatic rings. The number of carbonyl (C=O) groups is 1. The lowest BCUT2D eigenvalue weighted by Gasteiger charge is -2.38. The van der Waals surface area contributed by atoms with E-state index >= 15 is 0 Å². The highest BCUT2D eigenvalue weighted by Crippen LogP contribution is 2.36. The van der Waals surface area contributed by atoms with E-state index in [1.807, 2.05) is 25.1 Å². The summed E-state index contributed by atoms with van der Waals surface area (Å²) < 4.78 is 0. The Bertz CT molecular complexity index is 931. The van der Waals surface area contributed by atoms with Gasteiger partial charge in [0.2, 0.25) is 0 Å². The lowest BCUT2D eigenvalue weighted by Crippen LogP contribution is -2.50. The zero-order chi connectivity index (χ0) is 21.1. The van der Waals surface area contributed by atoms with Crippen molar-refractivity contribution in [3.8, 4) is 0 Å². The first kappa shape index (κ1) is 20.6. The third kappa shape index (κ3) is 4.26. The molecule has 0 aromatic carbocycles. The molecule has 2 atom stereocenters. The van der Waals surface area contributed by atoms with Gasteiger partial charge in [-0.15, -0.1) is 0 Å². The number of aromatic amines is 1. The molecule has 2 N–H and O–H groups in total. The van der Waals surface area contributed by atoms with Crippen LogP contribution in [0.5, 0.6) is 0 Å². The van der Waals surface area contributed by atoms with Gasteiger partial charge in [0.1, 0.15) is 5.82 Å². The molecular weight excluding hydrogens is 378 g/mol. The van der Waals surface area contributed by atoms with E-state index in [-0.39, 0.29) is 11.5 Å². The van der Waals surface area contributed by atoms with Crippen LogP contribution in [0.3, 0.4) is 0 Å². The van der Waals surface area contributed by atoms with Crippen molar-refractivity contribution in [3.63, 3.8) is 0 Å². The van der Waals surface area contributed by atoms with Crippen LogP contribution in [-0.4, -0.2) is 60.0 Å². The highest BCUT2D eigenvalue weighted by Gasteiger charge is 2.32. The molecule has 1 amide bonds. The Morgan fingerprint density at radius 2 is 1.97 bits per heavy atom. The molecular formula is C23H31N5O2. The predicted molar refractivity (Wildman–Crippen MR) is 118 cm³/mol. The molecule has 2 aromatic rings. The van der Waals surface area contributed by atoms with Gasteiger partial charge in [0.15, 0.2) is 0 Å². The highest BCUT2D eigenvalue weighted by atomic mass is 16.1. The van der Waals surface area contributed by atoms with Gasteiger partial charge in [-0.1, -0.05) is 13.0 Å². The maximum atomic E-state index is 12.2. The summed E-state index contributed by atoms with van der Waals surface area (Å²) in [6, 6.07) is 8.44. The van der Waals surface area contributed by atoms with E-state index < -0.39 is 0 Å². The Labute approximate surface area is 177 Å². The molecule has 2 fully saturated rings. The maximum Gasteiger partial charge on any atom is 0.252 e. The molecule has 0 unspecified atom stereocenters. The minimum Gasteiger partial charge on any atom is -0.355 e. The van der Waals surface area contributed by atoms with Gasteiger partial charge in [-0.2, -0.15) is 0 Å². The van der Waals surface area contributed by atoms with Crippen molar-refractivity contribution >= 4 is 11.7 Å². The average molecular weight is 410 g/mol. The number of amides is 1. The van der Waals surface area contributed by atoms with E-state index in [0.717, 1.165) is 62.5 Å². The molecule has 0 bridgehead atoms. The molecule has 0 spiro atoms. The van der Waals surface area contributed by atoms with Crippen LogP contribution in [0.25, 0.3) is 0 Å². The van der Waals surface area contributed by atoms with Gasteiger partial charge < -0.3 is 15.2 Å². The molecule has 1 saturated heterocycles. The quantitative estimate of drug-likeness (QED) is 0.791. The van der Waals surface area contributed by atoms with Crippen LogP contribution in [0, 0.1) is 0 Å². The Hall–Kier alpha value is -2.67. The second-order valence-corrected chi connectivity index (χ2v) is 8.29. The van der Waals surface area contributed by atoms with Crippen molar-refractivity contribution < 1.29 is 4.79 Å². The molecule has 160 valence electrons. The number of piperazine rings is 1. The van der Waals surface area contributed by atoms with Crippen molar-refractivity contribution in [2.75, 3.05) is 38.1 Å². The maximum absolute atomic E-state index is 12.2. The third-order valence-corrected chi connectivity index (χ3v) is 6.63. The van der Waals surface area contributed by atoms with Crippen LogP contribution in [0.2, 0.25) is 0 Å². The van der Waals surface area contributed by atoms with Crippen LogP contribution < -0.4 is 15.8 Å². The zero-order valence-electron chi connectivity index (χ0n) is 17.9. The summed E-state index contributed by atoms with van der Waals surface area (Å²) in [4.78, 5) is 36.3. The number of nitrogens with zero attached hydrogens (tertiary/aromatic N) is 3. The first-order chi connectivity index (χ1) is 14.6. The second kappa shape index (κ2) is 9.00. The number of aryl methyl sites for hydroxylation is 1. The number of H-pyrrole nitrogens is 1. The summed E-state index contributed by atoms with van der Waals surface area (Å²) in [5.41, 5.74) is 2.61. The van der Waals surface area contributed by atoms with Gasteiger partial charge in [0.05, 0.1) is 5.56 Å². The van der Waals surface area contributed by atoms with Crippen molar-refractivity contribution in [3.05, 3.63) is 57.6 Å². The van der Waals surface area contributed by atoms with Crippen LogP contribution >= 0.6 is 0 Å². The van der Waals surface area contributed by atoms with Gasteiger partial charge in [-0.3, -0.25) is 14.5 Å². The minimum atomic E-state index is -0.111. The van der Waals surface area contributed by atoms with E-state index in [1.54, 1.807) is 13.2 Å². The third-order valence-electron chi connectivity index (χ3n) is 6.63. The topological polar surface area (TPSA) is 81.3 Å². The molecule has 7 heteroatoms. The number of hydrogen-bond acceptors (Lipinski definition) is 5. The van der Waals surface area contributed by atoms with Crippen molar-refractivity contribution in [1.82, 2.24) is 20.2 Å². The van der Waals surface area contributed by atoms with Crippen LogP contribution in [0.1, 0.15) is 53.7 Å². The van der Waals surface area contributed by atoms with E-state index in [1.165, 1.54) is 6.42 Å². The average Bonchev–Trinajstić information content (AvgIpc) is 3.29. The van der Waals surface area contributed by atoms with Gasteiger partial charge in [0.25, 0.3) is 11.5 Å². The molecule has 30 heavy (non-hydrogen) atoms. The first-order valence-electron chi connectivity index (χ1n) is 11.0. The van der Waals surface area contributed by atoms with Crippen molar-refractivity contribution in [2.45, 2.75) is 44.6 Å². The number of rotatable bonds is 5. The fraction of sp³-hybridized carbons (Fsp3) is 0.522. The second-order valence-electron chi connectivity index (χ2n) is 8.29. The minimum absolute atomic E-state index is 0.0713. The Morgan fingerprint density at radius 3 is 2.60 bits per heavy atom. The number of carbonyl (C=O) groups excluding carboxylic acids is 1. The molecule has 1 saturated carbocycles. The summed E-state index contributed by atoms with van der Waals surface area (Å²) in [5, 5.41) is 2.62. The SMILES string of the molecule is CCc1ccc([C@@H]2CC[C@H](N3CCN(c4ccc(C(=O)NC)cn4)CC3)C2)[nH]c1=O. The van der Waals surface area contributed by atoms with Crippen molar-refractivity contribution in [2.24, 2.45) is 0 Å². The Kier molecular flexibility index (Phi) is 6.18. The standard InChI is InChI=1S/C23H31N5O2/c1-3-16-5-8-20(26-23(16)30)17-4-7-19(14-17)27-10-12-28(13-11-27)21-9-6-18(15-25-21)22(29)24-2/h5-6,8-9,15,17,19H,3-4,7,10-14H2,1-2H3,(H,24,29)(H,26,30)/t17-,19+/m1/s1. The van der Waals surface area contributed by atoms with Gasteiger partial charge in [-0.25, -0.2) is 4.98 Å². The van der Waals surface area contributed by atoms with E-state index in [2.05, 4.69) is 31.2 Å². The van der Waals surface area contributed by atoms with E-state index in [9.17, 15) is 9.59 Å². The predicted octanol–water partition coefficient (Wildman–Crippen LogP) is 2.15. The molecule has 2 aromatic heterocycles. The summed E-state index contributed by atoms with van der Waals surface area (Å²) in [5.74, 6) is 1.27. The number of nitrogens with one attached hydrogen (secondary N) is 2. The smallest absolute Gasteiger partial charge is 0.252 e. The number of anilines is 1. The first-order valence-corrected chi connectivity index (χ1v) is 11.0. The van der Waals surface area contributed by atoms with E-state index in [0.29, 0.717) is 17.5 Å². The van der Waals surface area contributed by atoms with Crippen molar-refractivity contribution in [1.29, 1.82) is 0 Å². The molecule has 0 radical (unpaired) electrons. The summed E-state index contributed by atoms with van der Waals surface area (Å²) in [6.07, 6.45) is 5.85. The fourth-order valence-electron chi connectivity index (χ4n) is 4.78.